The van der Waals surface area contributed by atoms with E-state index >= 15 is 0 Å². The van der Waals surface area contributed by atoms with Crippen LogP contribution in [0.2, 0.25) is 0 Å². The minimum Gasteiger partial charge on any atom is -0.491 e. The van der Waals surface area contributed by atoms with Crippen LogP contribution in [-0.2, 0) is 0 Å². The van der Waals surface area contributed by atoms with Crippen molar-refractivity contribution in [2.75, 3.05) is 12.4 Å². The van der Waals surface area contributed by atoms with E-state index < -0.39 is 0 Å². The van der Waals surface area contributed by atoms with E-state index in [-0.39, 0.29) is 24.3 Å². The van der Waals surface area contributed by atoms with Gasteiger partial charge in [0.15, 0.2) is 11.6 Å². The molecular weight excluding hydrogens is 261 g/mol. The van der Waals surface area contributed by atoms with E-state index in [2.05, 4.69) is 12.6 Å². The smallest absolute Gasteiger partial charge is 0.165 e. The molecule has 0 fully saturated rings. The summed E-state index contributed by atoms with van der Waals surface area (Å²) >= 11 is 4.11. The van der Waals surface area contributed by atoms with E-state index in [9.17, 15) is 4.39 Å². The lowest BCUT2D eigenvalue weighted by Gasteiger charge is -2.09. The summed E-state index contributed by atoms with van der Waals surface area (Å²) in [7, 11) is 0. The van der Waals surface area contributed by atoms with Gasteiger partial charge in [-0.1, -0.05) is 12.1 Å². The van der Waals surface area contributed by atoms with Crippen LogP contribution in [0.15, 0.2) is 24.3 Å². The predicted octanol–water partition coefficient (Wildman–Crippen LogP) is 3.05. The highest BCUT2D eigenvalue weighted by Gasteiger charge is 2.02. The highest BCUT2D eigenvalue weighted by molar-refractivity contribution is 7.80. The van der Waals surface area contributed by atoms with Gasteiger partial charge < -0.3 is 10.5 Å². The van der Waals surface area contributed by atoms with Gasteiger partial charge in [-0.2, -0.15) is 12.6 Å². The zero-order chi connectivity index (χ0) is 11.8. The molecule has 2 N–H and O–H groups in total. The molecule has 0 spiro atoms. The molecule has 1 aromatic rings. The highest BCUT2D eigenvalue weighted by Crippen LogP contribution is 2.15. The van der Waals surface area contributed by atoms with Gasteiger partial charge in [-0.05, 0) is 31.4 Å². The van der Waals surface area contributed by atoms with Crippen molar-refractivity contribution >= 4 is 25.0 Å². The van der Waals surface area contributed by atoms with Gasteiger partial charge in [0.05, 0.1) is 6.61 Å². The van der Waals surface area contributed by atoms with Crippen molar-refractivity contribution in [1.82, 2.24) is 0 Å². The SMILES string of the molecule is Cl.NC(CS)CCCCOc1ccccc1F. The molecule has 2 nitrogen and oxygen atoms in total. The normalized spacial score (nSPS) is 11.7. The number of benzene rings is 1. The monoisotopic (exact) mass is 279 g/mol. The number of para-hydroxylation sites is 1. The van der Waals surface area contributed by atoms with Crippen LogP contribution in [-0.4, -0.2) is 18.4 Å². The number of hydrogen-bond donors (Lipinski definition) is 2. The molecule has 5 heteroatoms. The maximum absolute atomic E-state index is 13.1. The summed E-state index contributed by atoms with van der Waals surface area (Å²) in [5, 5.41) is 0. The van der Waals surface area contributed by atoms with Crippen molar-refractivity contribution in [3.63, 3.8) is 0 Å². The Kier molecular flexibility index (Phi) is 9.31. The van der Waals surface area contributed by atoms with Crippen molar-refractivity contribution in [3.8, 4) is 5.75 Å². The first-order valence-electron chi connectivity index (χ1n) is 5.48. The van der Waals surface area contributed by atoms with E-state index in [1.54, 1.807) is 18.2 Å². The molecule has 0 amide bonds. The van der Waals surface area contributed by atoms with Crippen LogP contribution in [0.25, 0.3) is 0 Å². The second kappa shape index (κ2) is 9.57. The van der Waals surface area contributed by atoms with E-state index in [4.69, 9.17) is 10.5 Å². The summed E-state index contributed by atoms with van der Waals surface area (Å²) in [6.07, 6.45) is 2.80. The van der Waals surface area contributed by atoms with Crippen molar-refractivity contribution in [1.29, 1.82) is 0 Å². The number of ether oxygens (including phenoxy) is 1. The van der Waals surface area contributed by atoms with E-state index in [1.807, 2.05) is 0 Å². The number of thiol groups is 1. The van der Waals surface area contributed by atoms with Crippen molar-refractivity contribution in [2.45, 2.75) is 25.3 Å². The Labute approximate surface area is 114 Å². The van der Waals surface area contributed by atoms with Crippen LogP contribution in [0, 0.1) is 5.82 Å². The second-order valence-corrected chi connectivity index (χ2v) is 4.08. The molecule has 1 atom stereocenters. The average molecular weight is 280 g/mol. The predicted molar refractivity (Wildman–Crippen MR) is 74.8 cm³/mol. The molecule has 0 aliphatic heterocycles. The van der Waals surface area contributed by atoms with Gasteiger partial charge in [0.2, 0.25) is 0 Å². The van der Waals surface area contributed by atoms with Gasteiger partial charge in [-0.3, -0.25) is 0 Å². The largest absolute Gasteiger partial charge is 0.491 e. The van der Waals surface area contributed by atoms with Crippen molar-refractivity contribution in [3.05, 3.63) is 30.1 Å². The third kappa shape index (κ3) is 6.76. The molecular formula is C12H19ClFNOS. The van der Waals surface area contributed by atoms with Gasteiger partial charge in [0, 0.05) is 11.8 Å². The van der Waals surface area contributed by atoms with Gasteiger partial charge in [-0.15, -0.1) is 12.4 Å². The maximum Gasteiger partial charge on any atom is 0.165 e. The number of halogens is 2. The molecule has 1 aromatic carbocycles. The molecule has 0 saturated carbocycles. The molecule has 0 radical (unpaired) electrons. The Morgan fingerprint density at radius 2 is 2.00 bits per heavy atom. The lowest BCUT2D eigenvalue weighted by atomic mass is 10.1. The molecule has 0 saturated heterocycles. The highest BCUT2D eigenvalue weighted by atomic mass is 35.5. The summed E-state index contributed by atoms with van der Waals surface area (Å²) < 4.78 is 18.4. The first-order chi connectivity index (χ1) is 7.74. The Morgan fingerprint density at radius 1 is 1.29 bits per heavy atom. The molecule has 0 bridgehead atoms. The van der Waals surface area contributed by atoms with Crippen LogP contribution in [0.4, 0.5) is 4.39 Å². The lowest BCUT2D eigenvalue weighted by molar-refractivity contribution is 0.289. The fraction of sp³-hybridized carbons (Fsp3) is 0.500. The van der Waals surface area contributed by atoms with E-state index in [1.165, 1.54) is 6.07 Å². The second-order valence-electron chi connectivity index (χ2n) is 3.72. The molecule has 0 aliphatic rings. The Bertz CT molecular complexity index is 314. The summed E-state index contributed by atoms with van der Waals surface area (Å²) in [6.45, 7) is 0.528. The van der Waals surface area contributed by atoms with Crippen LogP contribution >= 0.6 is 25.0 Å². The Balaban J connectivity index is 0.00000256. The lowest BCUT2D eigenvalue weighted by Crippen LogP contribution is -2.21. The van der Waals surface area contributed by atoms with Gasteiger partial charge in [0.25, 0.3) is 0 Å². The average Bonchev–Trinajstić information content (AvgIpc) is 2.30. The zero-order valence-electron chi connectivity index (χ0n) is 9.64. The molecule has 17 heavy (non-hydrogen) atoms. The minimum absolute atomic E-state index is 0. The van der Waals surface area contributed by atoms with Crippen LogP contribution < -0.4 is 10.5 Å². The summed E-state index contributed by atoms with van der Waals surface area (Å²) in [5.41, 5.74) is 5.71. The summed E-state index contributed by atoms with van der Waals surface area (Å²) in [4.78, 5) is 0. The van der Waals surface area contributed by atoms with Crippen LogP contribution in [0.1, 0.15) is 19.3 Å². The topological polar surface area (TPSA) is 35.2 Å². The molecule has 0 aromatic heterocycles. The quantitative estimate of drug-likeness (QED) is 0.594. The molecule has 0 aliphatic carbocycles. The zero-order valence-corrected chi connectivity index (χ0v) is 11.4. The maximum atomic E-state index is 13.1. The first-order valence-corrected chi connectivity index (χ1v) is 6.11. The Hall–Kier alpha value is -0.450. The molecule has 1 rings (SSSR count). The van der Waals surface area contributed by atoms with Gasteiger partial charge in [-0.25, -0.2) is 4.39 Å². The number of rotatable bonds is 7. The first kappa shape index (κ1) is 16.6. The van der Waals surface area contributed by atoms with Crippen molar-refractivity contribution < 1.29 is 9.13 Å². The molecule has 98 valence electrons. The molecule has 0 heterocycles. The van der Waals surface area contributed by atoms with E-state index in [0.29, 0.717) is 18.1 Å². The van der Waals surface area contributed by atoms with E-state index in [0.717, 1.165) is 19.3 Å². The standard InChI is InChI=1S/C12H18FNOS.ClH/c13-11-6-1-2-7-12(11)15-8-4-3-5-10(14)9-16;/h1-2,6-7,10,16H,3-5,8-9,14H2;1H. The fourth-order valence-electron chi connectivity index (χ4n) is 1.34. The van der Waals surface area contributed by atoms with Gasteiger partial charge >= 0.3 is 0 Å². The summed E-state index contributed by atoms with van der Waals surface area (Å²) in [6, 6.07) is 6.58. The summed E-state index contributed by atoms with van der Waals surface area (Å²) in [5.74, 6) is 0.712. The Morgan fingerprint density at radius 3 is 2.65 bits per heavy atom. The number of nitrogens with two attached hydrogens (primary N) is 1. The van der Waals surface area contributed by atoms with Crippen LogP contribution in [0.3, 0.4) is 0 Å². The van der Waals surface area contributed by atoms with Gasteiger partial charge in [0.1, 0.15) is 0 Å². The van der Waals surface area contributed by atoms with Crippen LogP contribution in [0.5, 0.6) is 5.75 Å². The third-order valence-electron chi connectivity index (χ3n) is 2.30. The molecule has 1 unspecified atom stereocenters. The van der Waals surface area contributed by atoms with Crippen molar-refractivity contribution in [2.24, 2.45) is 5.73 Å². The third-order valence-corrected chi connectivity index (χ3v) is 2.77. The number of hydrogen-bond acceptors (Lipinski definition) is 3. The number of unbranched alkanes of at least 4 members (excludes halogenated alkanes) is 1. The fourth-order valence-corrected chi connectivity index (χ4v) is 1.53. The minimum atomic E-state index is -0.311.